The maximum atomic E-state index is 12.5. The fraction of sp³-hybridized carbons (Fsp3) is 0.412. The van der Waals surface area contributed by atoms with E-state index in [1.165, 1.54) is 10.6 Å². The molecule has 1 fully saturated rings. The Morgan fingerprint density at radius 1 is 1.36 bits per heavy atom. The molecule has 0 aliphatic carbocycles. The number of primary amides is 1. The normalized spacial score (nSPS) is 17.4. The molecular formula is C17H21N5O3. The summed E-state index contributed by atoms with van der Waals surface area (Å²) in [6.07, 6.45) is 3.77. The number of aryl methyl sites for hydroxylation is 1. The van der Waals surface area contributed by atoms with Crippen LogP contribution in [-0.4, -0.2) is 44.6 Å². The van der Waals surface area contributed by atoms with Crippen molar-refractivity contribution in [1.29, 1.82) is 0 Å². The van der Waals surface area contributed by atoms with Crippen LogP contribution >= 0.6 is 0 Å². The molecule has 3 N–H and O–H groups in total. The number of piperidine rings is 1. The van der Waals surface area contributed by atoms with Crippen molar-refractivity contribution in [3.05, 3.63) is 52.2 Å². The number of carbonyl (C=O) groups is 2. The minimum absolute atomic E-state index is 0.0232. The molecule has 1 saturated heterocycles. The Balaban J connectivity index is 1.60. The van der Waals surface area contributed by atoms with E-state index < -0.39 is 5.91 Å². The largest absolute Gasteiger partial charge is 0.364 e. The van der Waals surface area contributed by atoms with Gasteiger partial charge in [0.15, 0.2) is 0 Å². The van der Waals surface area contributed by atoms with E-state index in [0.717, 1.165) is 18.5 Å². The highest BCUT2D eigenvalue weighted by Crippen LogP contribution is 2.26. The van der Waals surface area contributed by atoms with E-state index in [9.17, 15) is 14.4 Å². The molecule has 0 aromatic carbocycles. The number of rotatable bonds is 5. The Morgan fingerprint density at radius 2 is 2.20 bits per heavy atom. The van der Waals surface area contributed by atoms with Crippen LogP contribution in [0.3, 0.4) is 0 Å². The molecular weight excluding hydrogens is 322 g/mol. The summed E-state index contributed by atoms with van der Waals surface area (Å²) in [5.41, 5.74) is 6.15. The Labute approximate surface area is 144 Å². The van der Waals surface area contributed by atoms with Crippen LogP contribution in [0.4, 0.5) is 0 Å². The summed E-state index contributed by atoms with van der Waals surface area (Å²) in [7, 11) is 0. The predicted molar refractivity (Wildman–Crippen MR) is 91.0 cm³/mol. The lowest BCUT2D eigenvalue weighted by molar-refractivity contribution is -0.132. The summed E-state index contributed by atoms with van der Waals surface area (Å²) in [5, 5.41) is 6.75. The number of pyridine rings is 1. The monoisotopic (exact) mass is 343 g/mol. The molecule has 25 heavy (non-hydrogen) atoms. The number of likely N-dealkylation sites (tertiary alicyclic amines) is 1. The zero-order valence-electron chi connectivity index (χ0n) is 13.9. The molecule has 8 heteroatoms. The first kappa shape index (κ1) is 16.9. The number of aromatic amines is 1. The van der Waals surface area contributed by atoms with Gasteiger partial charge in [0, 0.05) is 49.9 Å². The lowest BCUT2D eigenvalue weighted by Crippen LogP contribution is -2.39. The molecule has 0 saturated carbocycles. The SMILES string of the molecule is NC(=O)c1cc(C2CCCN(C(=O)CCn3ccccc3=O)C2)[nH]n1. The van der Waals surface area contributed by atoms with Gasteiger partial charge >= 0.3 is 0 Å². The van der Waals surface area contributed by atoms with Crippen molar-refractivity contribution in [2.75, 3.05) is 13.1 Å². The van der Waals surface area contributed by atoms with Crippen molar-refractivity contribution >= 4 is 11.8 Å². The Kier molecular flexibility index (Phi) is 4.97. The topological polar surface area (TPSA) is 114 Å². The van der Waals surface area contributed by atoms with E-state index in [2.05, 4.69) is 10.2 Å². The van der Waals surface area contributed by atoms with Crippen LogP contribution in [0.2, 0.25) is 0 Å². The minimum Gasteiger partial charge on any atom is -0.364 e. The molecule has 132 valence electrons. The molecule has 8 nitrogen and oxygen atoms in total. The van der Waals surface area contributed by atoms with Crippen molar-refractivity contribution < 1.29 is 9.59 Å². The summed E-state index contributed by atoms with van der Waals surface area (Å²) < 4.78 is 1.54. The first-order chi connectivity index (χ1) is 12.0. The van der Waals surface area contributed by atoms with Crippen LogP contribution in [0.5, 0.6) is 0 Å². The molecule has 0 bridgehead atoms. The smallest absolute Gasteiger partial charge is 0.269 e. The maximum absolute atomic E-state index is 12.5. The van der Waals surface area contributed by atoms with E-state index >= 15 is 0 Å². The summed E-state index contributed by atoms with van der Waals surface area (Å²) in [6.45, 7) is 1.65. The second-order valence-electron chi connectivity index (χ2n) is 6.23. The number of hydrogen-bond donors (Lipinski definition) is 2. The van der Waals surface area contributed by atoms with Crippen molar-refractivity contribution in [1.82, 2.24) is 19.7 Å². The molecule has 0 spiro atoms. The molecule has 3 rings (SSSR count). The molecule has 0 radical (unpaired) electrons. The lowest BCUT2D eigenvalue weighted by Gasteiger charge is -2.32. The van der Waals surface area contributed by atoms with Gasteiger partial charge in [0.2, 0.25) is 5.91 Å². The number of amides is 2. The van der Waals surface area contributed by atoms with Crippen molar-refractivity contribution in [2.45, 2.75) is 31.7 Å². The third kappa shape index (κ3) is 3.96. The first-order valence-electron chi connectivity index (χ1n) is 8.33. The van der Waals surface area contributed by atoms with Crippen molar-refractivity contribution in [3.63, 3.8) is 0 Å². The Morgan fingerprint density at radius 3 is 2.92 bits per heavy atom. The maximum Gasteiger partial charge on any atom is 0.269 e. The van der Waals surface area contributed by atoms with E-state index in [1.54, 1.807) is 24.4 Å². The van der Waals surface area contributed by atoms with Gasteiger partial charge < -0.3 is 15.2 Å². The lowest BCUT2D eigenvalue weighted by atomic mass is 9.94. The molecule has 1 unspecified atom stereocenters. The second kappa shape index (κ2) is 7.33. The van der Waals surface area contributed by atoms with Crippen LogP contribution < -0.4 is 11.3 Å². The number of H-pyrrole nitrogens is 1. The molecule has 1 aliphatic rings. The second-order valence-corrected chi connectivity index (χ2v) is 6.23. The number of nitrogens with one attached hydrogen (secondary N) is 1. The van der Waals surface area contributed by atoms with Gasteiger partial charge in [-0.1, -0.05) is 6.07 Å². The summed E-state index contributed by atoms with van der Waals surface area (Å²) in [5.74, 6) is -0.438. The summed E-state index contributed by atoms with van der Waals surface area (Å²) in [6, 6.07) is 6.60. The highest BCUT2D eigenvalue weighted by molar-refractivity contribution is 5.90. The van der Waals surface area contributed by atoms with Gasteiger partial charge in [-0.25, -0.2) is 0 Å². The standard InChI is InChI=1S/C17H21N5O3/c18-17(25)14-10-13(19-20-14)12-4-3-8-22(11-12)16(24)6-9-21-7-2-1-5-15(21)23/h1-2,5,7,10,12H,3-4,6,8-9,11H2,(H2,18,25)(H,19,20). The quantitative estimate of drug-likeness (QED) is 0.821. The zero-order valence-corrected chi connectivity index (χ0v) is 13.9. The summed E-state index contributed by atoms with van der Waals surface area (Å²) in [4.78, 5) is 37.2. The average molecular weight is 343 g/mol. The van der Waals surface area contributed by atoms with Crippen LogP contribution in [0.1, 0.15) is 41.4 Å². The number of carbonyl (C=O) groups excluding carboxylic acids is 2. The zero-order chi connectivity index (χ0) is 17.8. The van der Waals surface area contributed by atoms with E-state index in [1.807, 2.05) is 4.90 Å². The summed E-state index contributed by atoms with van der Waals surface area (Å²) >= 11 is 0. The van der Waals surface area contributed by atoms with Gasteiger partial charge in [-0.05, 0) is 25.0 Å². The van der Waals surface area contributed by atoms with E-state index in [0.29, 0.717) is 19.6 Å². The fourth-order valence-corrected chi connectivity index (χ4v) is 3.15. The molecule has 2 aromatic heterocycles. The van der Waals surface area contributed by atoms with Gasteiger partial charge in [0.05, 0.1) is 0 Å². The van der Waals surface area contributed by atoms with Gasteiger partial charge in [-0.2, -0.15) is 5.10 Å². The molecule has 1 aliphatic heterocycles. The molecule has 2 amide bonds. The van der Waals surface area contributed by atoms with Crippen LogP contribution in [0.15, 0.2) is 35.3 Å². The van der Waals surface area contributed by atoms with E-state index in [-0.39, 0.29) is 29.5 Å². The fourth-order valence-electron chi connectivity index (χ4n) is 3.15. The van der Waals surface area contributed by atoms with Crippen LogP contribution in [0.25, 0.3) is 0 Å². The minimum atomic E-state index is -0.570. The number of aromatic nitrogens is 3. The first-order valence-corrected chi connectivity index (χ1v) is 8.33. The average Bonchev–Trinajstić information content (AvgIpc) is 3.11. The van der Waals surface area contributed by atoms with Crippen molar-refractivity contribution in [2.24, 2.45) is 5.73 Å². The van der Waals surface area contributed by atoms with Crippen molar-refractivity contribution in [3.8, 4) is 0 Å². The third-order valence-electron chi connectivity index (χ3n) is 4.53. The molecule has 2 aromatic rings. The third-order valence-corrected chi connectivity index (χ3v) is 4.53. The predicted octanol–water partition coefficient (Wildman–Crippen LogP) is 0.467. The number of nitrogens with zero attached hydrogens (tertiary/aromatic N) is 3. The van der Waals surface area contributed by atoms with Crippen LogP contribution in [0, 0.1) is 0 Å². The number of hydrogen-bond acceptors (Lipinski definition) is 4. The Bertz CT molecular complexity index is 825. The Hall–Kier alpha value is -2.90. The van der Waals surface area contributed by atoms with Gasteiger partial charge in [0.1, 0.15) is 5.69 Å². The number of nitrogens with two attached hydrogens (primary N) is 1. The molecule has 3 heterocycles. The van der Waals surface area contributed by atoms with Gasteiger partial charge in [-0.3, -0.25) is 19.5 Å². The molecule has 1 atom stereocenters. The highest BCUT2D eigenvalue weighted by atomic mass is 16.2. The van der Waals surface area contributed by atoms with Gasteiger partial charge in [-0.15, -0.1) is 0 Å². The highest BCUT2D eigenvalue weighted by Gasteiger charge is 2.26. The van der Waals surface area contributed by atoms with E-state index in [4.69, 9.17) is 5.73 Å². The van der Waals surface area contributed by atoms with Crippen LogP contribution in [-0.2, 0) is 11.3 Å². The van der Waals surface area contributed by atoms with Gasteiger partial charge in [0.25, 0.3) is 11.5 Å².